The molecule has 4 nitrogen and oxygen atoms in total. The highest BCUT2D eigenvalue weighted by Crippen LogP contribution is 2.45. The van der Waals surface area contributed by atoms with Gasteiger partial charge in [0, 0.05) is 28.0 Å². The molecule has 0 aliphatic carbocycles. The zero-order chi connectivity index (χ0) is 19.5. The number of hydrogen-bond donors (Lipinski definition) is 1. The van der Waals surface area contributed by atoms with Gasteiger partial charge in [0.2, 0.25) is 0 Å². The summed E-state index contributed by atoms with van der Waals surface area (Å²) in [4.78, 5) is 17.0. The van der Waals surface area contributed by atoms with Crippen molar-refractivity contribution in [2.45, 2.75) is 4.58 Å². The molecule has 2 aromatic carbocycles. The number of halogens is 1. The van der Waals surface area contributed by atoms with Gasteiger partial charge in [-0.15, -0.1) is 34.9 Å². The Balaban J connectivity index is 1.44. The van der Waals surface area contributed by atoms with Gasteiger partial charge in [0.25, 0.3) is 5.91 Å². The number of carbonyl (C=O) groups excluding carboxylic acids is 1. The minimum absolute atomic E-state index is 0.160. The van der Waals surface area contributed by atoms with E-state index in [0.29, 0.717) is 26.0 Å². The van der Waals surface area contributed by atoms with Crippen molar-refractivity contribution in [1.82, 2.24) is 4.98 Å². The second-order valence-electron chi connectivity index (χ2n) is 6.04. The average Bonchev–Trinajstić information content (AvgIpc) is 3.40. The molecule has 1 amide bonds. The number of aromatic nitrogens is 1. The molecule has 1 aromatic heterocycles. The largest absolute Gasteiger partial charge is 0.495 e. The third-order valence-corrected chi connectivity index (χ3v) is 8.40. The summed E-state index contributed by atoms with van der Waals surface area (Å²) in [5.74, 6) is 2.83. The van der Waals surface area contributed by atoms with Gasteiger partial charge in [-0.3, -0.25) is 10.1 Å². The molecule has 0 spiro atoms. The molecule has 1 N–H and O–H groups in total. The summed E-state index contributed by atoms with van der Waals surface area (Å²) >= 11 is 11.5. The average molecular weight is 449 g/mol. The summed E-state index contributed by atoms with van der Waals surface area (Å²) in [6.07, 6.45) is 0. The van der Waals surface area contributed by atoms with Gasteiger partial charge in [-0.1, -0.05) is 23.7 Å². The molecule has 1 fully saturated rings. The van der Waals surface area contributed by atoms with Crippen LogP contribution in [0, 0.1) is 0 Å². The highest BCUT2D eigenvalue weighted by molar-refractivity contribution is 8.19. The normalized spacial score (nSPS) is 14.2. The molecule has 0 bridgehead atoms. The summed E-state index contributed by atoms with van der Waals surface area (Å²) in [7, 11) is 1.58. The van der Waals surface area contributed by atoms with Crippen molar-refractivity contribution >= 4 is 57.5 Å². The standard InChI is InChI=1S/C20H17ClN2O2S3/c1-25-17-7-6-14(10-15(17)21)16-11-28-20(22-16)23-18(24)12-2-4-13(5-3-12)19-26-8-9-27-19/h2-7,10-11,19H,8-9H2,1H3,(H,22,23,24). The van der Waals surface area contributed by atoms with Crippen molar-refractivity contribution in [2.24, 2.45) is 0 Å². The fraction of sp³-hybridized carbons (Fsp3) is 0.200. The number of benzene rings is 2. The second-order valence-corrected chi connectivity index (χ2v) is 10.0. The van der Waals surface area contributed by atoms with Crippen LogP contribution in [0.1, 0.15) is 20.5 Å². The van der Waals surface area contributed by atoms with Crippen molar-refractivity contribution in [1.29, 1.82) is 0 Å². The molecule has 4 rings (SSSR count). The van der Waals surface area contributed by atoms with Crippen LogP contribution >= 0.6 is 46.5 Å². The van der Waals surface area contributed by atoms with Crippen molar-refractivity contribution in [3.8, 4) is 17.0 Å². The minimum Gasteiger partial charge on any atom is -0.495 e. The van der Waals surface area contributed by atoms with Crippen LogP contribution in [0.15, 0.2) is 47.8 Å². The molecule has 0 radical (unpaired) electrons. The second kappa shape index (κ2) is 8.78. The molecule has 28 heavy (non-hydrogen) atoms. The highest BCUT2D eigenvalue weighted by Gasteiger charge is 2.18. The predicted molar refractivity (Wildman–Crippen MR) is 121 cm³/mol. The Kier molecular flexibility index (Phi) is 6.16. The van der Waals surface area contributed by atoms with Crippen LogP contribution in [0.5, 0.6) is 5.75 Å². The van der Waals surface area contributed by atoms with Gasteiger partial charge in [-0.25, -0.2) is 4.98 Å². The monoisotopic (exact) mass is 448 g/mol. The van der Waals surface area contributed by atoms with E-state index < -0.39 is 0 Å². The summed E-state index contributed by atoms with van der Waals surface area (Å²) < 4.78 is 5.66. The van der Waals surface area contributed by atoms with E-state index in [-0.39, 0.29) is 5.91 Å². The smallest absolute Gasteiger partial charge is 0.257 e. The molecule has 0 atom stereocenters. The number of ether oxygens (including phenoxy) is 1. The van der Waals surface area contributed by atoms with Crippen LogP contribution in [-0.2, 0) is 0 Å². The number of rotatable bonds is 5. The minimum atomic E-state index is -0.160. The van der Waals surface area contributed by atoms with Crippen LogP contribution in [0.2, 0.25) is 5.02 Å². The topological polar surface area (TPSA) is 51.2 Å². The van der Waals surface area contributed by atoms with Crippen LogP contribution in [-0.4, -0.2) is 29.5 Å². The quantitative estimate of drug-likeness (QED) is 0.503. The fourth-order valence-corrected chi connectivity index (χ4v) is 6.63. The molecule has 2 heterocycles. The number of hydrogen-bond acceptors (Lipinski definition) is 6. The first-order chi connectivity index (χ1) is 13.6. The molecule has 1 aliphatic rings. The van der Waals surface area contributed by atoms with Crippen molar-refractivity contribution in [3.05, 3.63) is 64.0 Å². The SMILES string of the molecule is COc1ccc(-c2csc(NC(=O)c3ccc(C4SCCS4)cc3)n2)cc1Cl. The van der Waals surface area contributed by atoms with Gasteiger partial charge in [-0.05, 0) is 35.9 Å². The van der Waals surface area contributed by atoms with Crippen molar-refractivity contribution in [2.75, 3.05) is 23.9 Å². The molecular formula is C20H17ClN2O2S3. The zero-order valence-electron chi connectivity index (χ0n) is 15.0. The molecule has 0 unspecified atom stereocenters. The maximum absolute atomic E-state index is 12.5. The fourth-order valence-electron chi connectivity index (χ4n) is 2.80. The van der Waals surface area contributed by atoms with Gasteiger partial charge < -0.3 is 4.74 Å². The highest BCUT2D eigenvalue weighted by atomic mass is 35.5. The Labute approximate surface area is 181 Å². The Bertz CT molecular complexity index is 985. The lowest BCUT2D eigenvalue weighted by molar-refractivity contribution is 0.102. The number of methoxy groups -OCH3 is 1. The number of nitrogens with zero attached hydrogens (tertiary/aromatic N) is 1. The van der Waals surface area contributed by atoms with E-state index in [9.17, 15) is 4.79 Å². The van der Waals surface area contributed by atoms with Crippen LogP contribution in [0.25, 0.3) is 11.3 Å². The van der Waals surface area contributed by atoms with E-state index in [2.05, 4.69) is 10.3 Å². The van der Waals surface area contributed by atoms with Crippen LogP contribution in [0.4, 0.5) is 5.13 Å². The first kappa shape index (κ1) is 19.6. The molecular weight excluding hydrogens is 432 g/mol. The summed E-state index contributed by atoms with van der Waals surface area (Å²) in [6, 6.07) is 13.3. The summed E-state index contributed by atoms with van der Waals surface area (Å²) in [5, 5.41) is 5.85. The van der Waals surface area contributed by atoms with E-state index in [1.54, 1.807) is 19.2 Å². The van der Waals surface area contributed by atoms with Gasteiger partial charge in [0.15, 0.2) is 5.13 Å². The molecule has 1 aliphatic heterocycles. The van der Waals surface area contributed by atoms with E-state index in [4.69, 9.17) is 16.3 Å². The van der Waals surface area contributed by atoms with Gasteiger partial charge in [0.1, 0.15) is 5.75 Å². The van der Waals surface area contributed by atoms with E-state index in [1.165, 1.54) is 28.4 Å². The number of amides is 1. The van der Waals surface area contributed by atoms with Crippen molar-refractivity contribution < 1.29 is 9.53 Å². The maximum atomic E-state index is 12.5. The zero-order valence-corrected chi connectivity index (χ0v) is 18.2. The first-order valence-electron chi connectivity index (χ1n) is 8.58. The molecule has 0 saturated carbocycles. The number of nitrogens with one attached hydrogen (secondary N) is 1. The Hall–Kier alpha value is -1.67. The Morgan fingerprint density at radius 3 is 2.61 bits per heavy atom. The van der Waals surface area contributed by atoms with Gasteiger partial charge in [0.05, 0.1) is 22.4 Å². The third-order valence-electron chi connectivity index (χ3n) is 4.24. The van der Waals surface area contributed by atoms with Crippen LogP contribution in [0.3, 0.4) is 0 Å². The predicted octanol–water partition coefficient (Wildman–Crippen LogP) is 6.20. The lowest BCUT2D eigenvalue weighted by atomic mass is 10.1. The lowest BCUT2D eigenvalue weighted by Crippen LogP contribution is -2.11. The van der Waals surface area contributed by atoms with E-state index in [0.717, 1.165) is 11.3 Å². The molecule has 8 heteroatoms. The number of thiazole rings is 1. The first-order valence-corrected chi connectivity index (χ1v) is 11.9. The molecule has 3 aromatic rings. The Morgan fingerprint density at radius 1 is 1.18 bits per heavy atom. The third kappa shape index (κ3) is 4.33. The number of carbonyl (C=O) groups is 1. The summed E-state index contributed by atoms with van der Waals surface area (Å²) in [5.41, 5.74) is 3.52. The number of thioether (sulfide) groups is 2. The van der Waals surface area contributed by atoms with E-state index in [1.807, 2.05) is 59.2 Å². The Morgan fingerprint density at radius 2 is 1.93 bits per heavy atom. The van der Waals surface area contributed by atoms with Crippen LogP contribution < -0.4 is 10.1 Å². The molecule has 144 valence electrons. The van der Waals surface area contributed by atoms with Crippen molar-refractivity contribution in [3.63, 3.8) is 0 Å². The summed E-state index contributed by atoms with van der Waals surface area (Å²) in [6.45, 7) is 0. The van der Waals surface area contributed by atoms with E-state index >= 15 is 0 Å². The van der Waals surface area contributed by atoms with Gasteiger partial charge >= 0.3 is 0 Å². The van der Waals surface area contributed by atoms with Gasteiger partial charge in [-0.2, -0.15) is 0 Å². The molecule has 1 saturated heterocycles. The lowest BCUT2D eigenvalue weighted by Gasteiger charge is -2.09. The maximum Gasteiger partial charge on any atom is 0.257 e. The number of anilines is 1.